The molecule has 2 aromatic heterocycles. The molecule has 1 saturated carbocycles. The molecule has 0 unspecified atom stereocenters. The van der Waals surface area contributed by atoms with Crippen LogP contribution in [0.2, 0.25) is 0 Å². The van der Waals surface area contributed by atoms with Crippen molar-refractivity contribution in [3.8, 4) is 5.75 Å². The Kier molecular flexibility index (Phi) is 7.35. The average Bonchev–Trinajstić information content (AvgIpc) is 3.61. The fourth-order valence-corrected chi connectivity index (χ4v) is 4.61. The Morgan fingerprint density at radius 2 is 2.00 bits per heavy atom. The first-order valence-corrected chi connectivity index (χ1v) is 11.9. The van der Waals surface area contributed by atoms with E-state index in [0.29, 0.717) is 23.3 Å². The lowest BCUT2D eigenvalue weighted by molar-refractivity contribution is -0.131. The molecule has 4 rings (SSSR count). The number of aromatic nitrogens is 2. The van der Waals surface area contributed by atoms with Crippen LogP contribution < -0.4 is 10.4 Å². The van der Waals surface area contributed by atoms with Crippen LogP contribution in [-0.2, 0) is 11.2 Å². The van der Waals surface area contributed by atoms with Crippen LogP contribution in [0.15, 0.2) is 44.6 Å². The molecule has 0 atom stereocenters. The number of carbonyl (C=O) groups excluding carboxylic acids is 2. The van der Waals surface area contributed by atoms with Gasteiger partial charge in [0.1, 0.15) is 10.8 Å². The first kappa shape index (κ1) is 24.0. The van der Waals surface area contributed by atoms with Gasteiger partial charge in [-0.25, -0.2) is 18.6 Å². The second kappa shape index (κ2) is 10.4. The van der Waals surface area contributed by atoms with Gasteiger partial charge in [0.2, 0.25) is 5.71 Å². The average molecular weight is 489 g/mol. The van der Waals surface area contributed by atoms with Crippen molar-refractivity contribution in [3.05, 3.63) is 57.7 Å². The summed E-state index contributed by atoms with van der Waals surface area (Å²) in [5.74, 6) is -1.05. The molecule has 2 heterocycles. The normalized spacial score (nSPS) is 13.4. The van der Waals surface area contributed by atoms with Crippen LogP contribution in [0.1, 0.15) is 60.8 Å². The minimum atomic E-state index is -2.98. The molecule has 7 nitrogen and oxygen atoms in total. The molecule has 0 bridgehead atoms. The maximum atomic E-state index is 13.4. The van der Waals surface area contributed by atoms with Crippen LogP contribution >= 0.6 is 11.8 Å². The molecule has 0 aliphatic heterocycles. The summed E-state index contributed by atoms with van der Waals surface area (Å²) in [5, 5.41) is 0.509. The molecule has 0 spiro atoms. The van der Waals surface area contributed by atoms with Gasteiger partial charge in [0.05, 0.1) is 16.7 Å². The number of benzene rings is 1. The van der Waals surface area contributed by atoms with Crippen LogP contribution in [0.4, 0.5) is 8.78 Å². The maximum absolute atomic E-state index is 13.4. The van der Waals surface area contributed by atoms with E-state index in [2.05, 4.69) is 9.97 Å². The SMILES string of the molecule is CC(=O)Oc1ccccc1C(=O)CSc1nc(C(F)F)nc2oc(=O)cc(CCCC3CC3)c12. The van der Waals surface area contributed by atoms with E-state index in [9.17, 15) is 23.2 Å². The molecule has 0 N–H and O–H groups in total. The van der Waals surface area contributed by atoms with Crippen molar-refractivity contribution in [2.45, 2.75) is 50.5 Å². The smallest absolute Gasteiger partial charge is 0.337 e. The predicted molar refractivity (Wildman–Crippen MR) is 121 cm³/mol. The largest absolute Gasteiger partial charge is 0.426 e. The highest BCUT2D eigenvalue weighted by molar-refractivity contribution is 8.00. The van der Waals surface area contributed by atoms with Gasteiger partial charge in [-0.2, -0.15) is 4.98 Å². The molecular weight excluding hydrogens is 466 g/mol. The first-order chi connectivity index (χ1) is 16.3. The van der Waals surface area contributed by atoms with Crippen molar-refractivity contribution in [2.24, 2.45) is 5.92 Å². The molecule has 0 saturated heterocycles. The minimum absolute atomic E-state index is 0.119. The fourth-order valence-electron chi connectivity index (χ4n) is 3.66. The van der Waals surface area contributed by atoms with Crippen molar-refractivity contribution in [2.75, 3.05) is 5.75 Å². The maximum Gasteiger partial charge on any atom is 0.337 e. The number of esters is 1. The Balaban J connectivity index is 1.65. The number of hydrogen-bond acceptors (Lipinski definition) is 8. The van der Waals surface area contributed by atoms with E-state index >= 15 is 0 Å². The molecule has 1 aliphatic rings. The molecule has 1 fully saturated rings. The summed E-state index contributed by atoms with van der Waals surface area (Å²) in [7, 11) is 0. The van der Waals surface area contributed by atoms with Crippen LogP contribution in [0.5, 0.6) is 5.75 Å². The molecule has 178 valence electrons. The third kappa shape index (κ3) is 5.85. The Hall–Kier alpha value is -3.14. The number of thioether (sulfide) groups is 1. The number of hydrogen-bond donors (Lipinski definition) is 0. The number of nitrogens with zero attached hydrogens (tertiary/aromatic N) is 2. The number of ether oxygens (including phenoxy) is 1. The highest BCUT2D eigenvalue weighted by Gasteiger charge is 2.23. The first-order valence-electron chi connectivity index (χ1n) is 10.9. The lowest BCUT2D eigenvalue weighted by Crippen LogP contribution is -2.10. The summed E-state index contributed by atoms with van der Waals surface area (Å²) in [4.78, 5) is 44.1. The molecule has 1 aliphatic carbocycles. The zero-order chi connectivity index (χ0) is 24.2. The Labute approximate surface area is 197 Å². The van der Waals surface area contributed by atoms with Crippen LogP contribution in [0, 0.1) is 5.92 Å². The molecule has 3 aromatic rings. The summed E-state index contributed by atoms with van der Waals surface area (Å²) >= 11 is 0.948. The van der Waals surface area contributed by atoms with E-state index in [0.717, 1.165) is 24.6 Å². The summed E-state index contributed by atoms with van der Waals surface area (Å²) in [6.45, 7) is 1.23. The monoisotopic (exact) mass is 488 g/mol. The lowest BCUT2D eigenvalue weighted by atomic mass is 10.1. The van der Waals surface area contributed by atoms with Crippen LogP contribution in [0.3, 0.4) is 0 Å². The lowest BCUT2D eigenvalue weighted by Gasteiger charge is -2.11. The van der Waals surface area contributed by atoms with E-state index in [1.807, 2.05) is 0 Å². The summed E-state index contributed by atoms with van der Waals surface area (Å²) in [6, 6.07) is 7.62. The number of alkyl halides is 2. The highest BCUT2D eigenvalue weighted by atomic mass is 32.2. The van der Waals surface area contributed by atoms with E-state index in [4.69, 9.17) is 9.15 Å². The summed E-state index contributed by atoms with van der Waals surface area (Å²) in [5.41, 5.74) is -0.0820. The quantitative estimate of drug-likeness (QED) is 0.127. The topological polar surface area (TPSA) is 99.4 Å². The van der Waals surface area contributed by atoms with Gasteiger partial charge in [-0.15, -0.1) is 0 Å². The van der Waals surface area contributed by atoms with Crippen molar-refractivity contribution in [1.29, 1.82) is 0 Å². The Morgan fingerprint density at radius 1 is 1.24 bits per heavy atom. The van der Waals surface area contributed by atoms with Gasteiger partial charge in [-0.1, -0.05) is 43.2 Å². The third-order valence-electron chi connectivity index (χ3n) is 5.40. The van der Waals surface area contributed by atoms with Gasteiger partial charge in [0.25, 0.3) is 6.43 Å². The fraction of sp³-hybridized carbons (Fsp3) is 0.375. The van der Waals surface area contributed by atoms with E-state index in [1.54, 1.807) is 12.1 Å². The van der Waals surface area contributed by atoms with Gasteiger partial charge >= 0.3 is 11.6 Å². The van der Waals surface area contributed by atoms with Gasteiger partial charge < -0.3 is 9.15 Å². The van der Waals surface area contributed by atoms with Gasteiger partial charge in [-0.05, 0) is 36.5 Å². The number of ketones is 1. The molecule has 10 heteroatoms. The van der Waals surface area contributed by atoms with Gasteiger partial charge in [-0.3, -0.25) is 9.59 Å². The number of halogens is 2. The van der Waals surface area contributed by atoms with Crippen molar-refractivity contribution < 1.29 is 27.5 Å². The Morgan fingerprint density at radius 3 is 2.71 bits per heavy atom. The number of rotatable bonds is 10. The number of para-hydroxylation sites is 1. The van der Waals surface area contributed by atoms with Gasteiger partial charge in [0.15, 0.2) is 11.6 Å². The molecular formula is C24H22F2N2O5S. The molecule has 34 heavy (non-hydrogen) atoms. The van der Waals surface area contributed by atoms with Crippen molar-refractivity contribution >= 4 is 34.6 Å². The standard InChI is InChI=1S/C24H22F2N2O5S/c1-13(29)32-18-8-3-2-7-16(18)17(30)12-34-24-20-15(6-4-5-14-9-10-14)11-19(31)33-23(20)27-22(28-24)21(25)26/h2-3,7-8,11,14,21H,4-6,9-10,12H2,1H3. The Bertz CT molecular complexity index is 1290. The summed E-state index contributed by atoms with van der Waals surface area (Å²) in [6.07, 6.45) is 1.83. The number of aryl methyl sites for hydroxylation is 1. The number of fused-ring (bicyclic) bond motifs is 1. The van der Waals surface area contributed by atoms with E-state index in [1.165, 1.54) is 38.0 Å². The van der Waals surface area contributed by atoms with Crippen LogP contribution in [-0.4, -0.2) is 27.5 Å². The second-order valence-electron chi connectivity index (χ2n) is 8.10. The third-order valence-corrected chi connectivity index (χ3v) is 6.38. The van der Waals surface area contributed by atoms with Gasteiger partial charge in [0, 0.05) is 13.0 Å². The zero-order valence-electron chi connectivity index (χ0n) is 18.4. The summed E-state index contributed by atoms with van der Waals surface area (Å²) < 4.78 is 37.1. The molecule has 1 aromatic carbocycles. The van der Waals surface area contributed by atoms with E-state index < -0.39 is 23.8 Å². The van der Waals surface area contributed by atoms with E-state index in [-0.39, 0.29) is 33.6 Å². The van der Waals surface area contributed by atoms with Crippen molar-refractivity contribution in [3.63, 3.8) is 0 Å². The highest BCUT2D eigenvalue weighted by Crippen LogP contribution is 2.35. The number of Topliss-reactive ketones (excluding diaryl/α,β-unsaturated/α-hetero) is 1. The van der Waals surface area contributed by atoms with Crippen LogP contribution in [0.25, 0.3) is 11.1 Å². The second-order valence-corrected chi connectivity index (χ2v) is 9.06. The minimum Gasteiger partial charge on any atom is -0.426 e. The zero-order valence-corrected chi connectivity index (χ0v) is 19.2. The number of carbonyl (C=O) groups is 2. The predicted octanol–water partition coefficient (Wildman–Crippen LogP) is 5.15. The van der Waals surface area contributed by atoms with Crippen molar-refractivity contribution in [1.82, 2.24) is 9.97 Å². The molecule has 0 radical (unpaired) electrons. The molecule has 0 amide bonds.